The molecule has 0 radical (unpaired) electrons. The number of unbranched alkanes of at least 4 members (excludes halogenated alkanes) is 11. The quantitative estimate of drug-likeness (QED) is 0.143. The van der Waals surface area contributed by atoms with Crippen LogP contribution in [-0.2, 0) is 0 Å². The first-order valence-electron chi connectivity index (χ1n) is 11.4. The van der Waals surface area contributed by atoms with Crippen LogP contribution in [0.5, 0.6) is 0 Å². The maximum atomic E-state index is 11.0. The van der Waals surface area contributed by atoms with E-state index in [0.717, 1.165) is 12.2 Å². The number of halogens is 2. The summed E-state index contributed by atoms with van der Waals surface area (Å²) < 4.78 is 0. The van der Waals surface area contributed by atoms with E-state index in [0.29, 0.717) is 5.56 Å². The first kappa shape index (κ1) is 28.5. The summed E-state index contributed by atoms with van der Waals surface area (Å²) in [7, 11) is -0.803. The molecule has 0 aliphatic rings. The Morgan fingerprint density at radius 2 is 1.17 bits per heavy atom. The van der Waals surface area contributed by atoms with Crippen LogP contribution in [0.4, 0.5) is 5.69 Å². The van der Waals surface area contributed by atoms with Gasteiger partial charge in [0.05, 0.1) is 0 Å². The summed E-state index contributed by atoms with van der Waals surface area (Å²) in [5, 5.41) is 3.01. The topological polar surface area (TPSA) is 29.1 Å². The zero-order valence-corrected chi connectivity index (χ0v) is 21.5. The number of benzene rings is 1. The first-order chi connectivity index (χ1) is 13.4. The molecule has 0 spiro atoms. The summed E-state index contributed by atoms with van der Waals surface area (Å²) in [6, 6.07) is 8.88. The maximum Gasteiger partial charge on any atom is 0.252 e. The predicted octanol–water partition coefficient (Wildman–Crippen LogP) is 8.92. The fourth-order valence-corrected chi connectivity index (χ4v) is 4.94. The minimum absolute atomic E-state index is 0. The van der Waals surface area contributed by atoms with E-state index in [4.69, 9.17) is 11.6 Å². The maximum absolute atomic E-state index is 11.0. The highest BCUT2D eigenvalue weighted by Gasteiger charge is 2.11. The molecular formula is C24H43Cl2NOSi. The summed E-state index contributed by atoms with van der Waals surface area (Å²) >= 11 is 5.45. The van der Waals surface area contributed by atoms with Gasteiger partial charge in [0.2, 0.25) is 0 Å². The largest absolute Gasteiger partial charge is 0.385 e. The van der Waals surface area contributed by atoms with E-state index < -0.39 is 13.3 Å². The number of anilines is 1. The zero-order valence-electron chi connectivity index (χ0n) is 18.9. The predicted molar refractivity (Wildman–Crippen MR) is 136 cm³/mol. The summed E-state index contributed by atoms with van der Waals surface area (Å²) in [5.41, 5.74) is 1.61. The van der Waals surface area contributed by atoms with Gasteiger partial charge in [-0.2, -0.15) is 0 Å². The number of rotatable bonds is 17. The van der Waals surface area contributed by atoms with Gasteiger partial charge in [0.1, 0.15) is 0 Å². The second-order valence-corrected chi connectivity index (χ2v) is 15.3. The Bertz CT molecular complexity index is 529. The van der Waals surface area contributed by atoms with Crippen LogP contribution < -0.4 is 5.32 Å². The first-order valence-corrected chi connectivity index (χ1v) is 15.5. The minimum atomic E-state index is -0.803. The molecule has 168 valence electrons. The van der Waals surface area contributed by atoms with Gasteiger partial charge in [0.15, 0.2) is 0 Å². The summed E-state index contributed by atoms with van der Waals surface area (Å²) in [4.78, 5) is 11.0. The molecule has 1 aromatic rings. The van der Waals surface area contributed by atoms with Crippen molar-refractivity contribution in [2.75, 3.05) is 11.9 Å². The van der Waals surface area contributed by atoms with Gasteiger partial charge in [-0.1, -0.05) is 96.3 Å². The third kappa shape index (κ3) is 16.9. The standard InChI is InChI=1S/C24H42ClNOSi.ClH/c1-28(2,3)21-15-13-11-9-7-5-4-6-8-10-12-14-20-26-23-18-16-22(17-19-23)24(25)27;/h16-19,26H,4-15,20-21H2,1-3H3;1H. The van der Waals surface area contributed by atoms with Crippen LogP contribution in [0.15, 0.2) is 24.3 Å². The van der Waals surface area contributed by atoms with E-state index in [1.165, 1.54) is 83.1 Å². The summed E-state index contributed by atoms with van der Waals surface area (Å²) in [6.45, 7) is 8.43. The average Bonchev–Trinajstić information content (AvgIpc) is 2.64. The van der Waals surface area contributed by atoms with Crippen LogP contribution in [0.1, 0.15) is 87.4 Å². The molecule has 0 fully saturated rings. The third-order valence-corrected chi connectivity index (χ3v) is 7.37. The van der Waals surface area contributed by atoms with Gasteiger partial charge in [-0.15, -0.1) is 12.4 Å². The van der Waals surface area contributed by atoms with Crippen molar-refractivity contribution in [3.05, 3.63) is 29.8 Å². The van der Waals surface area contributed by atoms with E-state index in [9.17, 15) is 4.79 Å². The highest BCUT2D eigenvalue weighted by Crippen LogP contribution is 2.17. The monoisotopic (exact) mass is 459 g/mol. The molecule has 0 saturated carbocycles. The van der Waals surface area contributed by atoms with Crippen molar-refractivity contribution < 1.29 is 4.79 Å². The second-order valence-electron chi connectivity index (χ2n) is 9.33. The normalized spacial score (nSPS) is 11.2. The molecule has 5 heteroatoms. The molecule has 29 heavy (non-hydrogen) atoms. The molecule has 0 bridgehead atoms. The van der Waals surface area contributed by atoms with Crippen LogP contribution in [0, 0.1) is 0 Å². The molecule has 1 rings (SSSR count). The molecule has 1 N–H and O–H groups in total. The zero-order chi connectivity index (χ0) is 20.7. The van der Waals surface area contributed by atoms with Crippen molar-refractivity contribution in [1.29, 1.82) is 0 Å². The lowest BCUT2D eigenvalue weighted by molar-refractivity contribution is 0.108. The molecule has 0 saturated heterocycles. The highest BCUT2D eigenvalue weighted by molar-refractivity contribution is 6.76. The average molecular weight is 461 g/mol. The molecule has 0 aliphatic heterocycles. The van der Waals surface area contributed by atoms with E-state index in [1.807, 2.05) is 12.1 Å². The lowest BCUT2D eigenvalue weighted by Crippen LogP contribution is -2.18. The Balaban J connectivity index is 0.00000784. The number of hydrogen-bond donors (Lipinski definition) is 1. The molecular weight excluding hydrogens is 417 g/mol. The van der Waals surface area contributed by atoms with Crippen LogP contribution in [0.25, 0.3) is 0 Å². The molecule has 0 aliphatic carbocycles. The lowest BCUT2D eigenvalue weighted by atomic mass is 10.1. The van der Waals surface area contributed by atoms with Crippen LogP contribution in [0.3, 0.4) is 0 Å². The van der Waals surface area contributed by atoms with Crippen LogP contribution >= 0.6 is 24.0 Å². The van der Waals surface area contributed by atoms with Gasteiger partial charge in [0, 0.05) is 25.9 Å². The van der Waals surface area contributed by atoms with Crippen molar-refractivity contribution in [3.8, 4) is 0 Å². The van der Waals surface area contributed by atoms with Crippen molar-refractivity contribution in [1.82, 2.24) is 0 Å². The van der Waals surface area contributed by atoms with Crippen molar-refractivity contribution in [2.45, 2.75) is 103 Å². The van der Waals surface area contributed by atoms with E-state index in [1.54, 1.807) is 12.1 Å². The Kier molecular flexibility index (Phi) is 16.9. The molecule has 0 unspecified atom stereocenters. The Hall–Kier alpha value is -0.513. The fourth-order valence-electron chi connectivity index (χ4n) is 3.50. The summed E-state index contributed by atoms with van der Waals surface area (Å²) in [6.07, 6.45) is 16.7. The van der Waals surface area contributed by atoms with Crippen molar-refractivity contribution >= 4 is 43.0 Å². The molecule has 2 nitrogen and oxygen atoms in total. The van der Waals surface area contributed by atoms with Gasteiger partial charge in [0.25, 0.3) is 5.24 Å². The van der Waals surface area contributed by atoms with Crippen molar-refractivity contribution in [2.24, 2.45) is 0 Å². The SMILES string of the molecule is C[Si](C)(C)CCCCCCCCCCCCCCNc1ccc(C(=O)Cl)cc1.Cl. The van der Waals surface area contributed by atoms with Gasteiger partial charge in [-0.05, 0) is 42.3 Å². The minimum Gasteiger partial charge on any atom is -0.385 e. The fraction of sp³-hybridized carbons (Fsp3) is 0.708. The smallest absolute Gasteiger partial charge is 0.252 e. The van der Waals surface area contributed by atoms with E-state index in [-0.39, 0.29) is 12.4 Å². The molecule has 1 aromatic carbocycles. The molecule has 0 amide bonds. The Labute approximate surface area is 192 Å². The molecule has 0 heterocycles. The third-order valence-electron chi connectivity index (χ3n) is 5.29. The number of carbonyl (C=O) groups is 1. The van der Waals surface area contributed by atoms with Gasteiger partial charge in [-0.25, -0.2) is 0 Å². The highest BCUT2D eigenvalue weighted by atomic mass is 35.5. The Morgan fingerprint density at radius 1 is 0.759 bits per heavy atom. The van der Waals surface area contributed by atoms with Crippen molar-refractivity contribution in [3.63, 3.8) is 0 Å². The molecule has 0 aromatic heterocycles. The summed E-state index contributed by atoms with van der Waals surface area (Å²) in [5.74, 6) is 0. The number of hydrogen-bond acceptors (Lipinski definition) is 2. The van der Waals surface area contributed by atoms with Crippen LogP contribution in [0.2, 0.25) is 25.7 Å². The Morgan fingerprint density at radius 3 is 1.59 bits per heavy atom. The molecule has 0 atom stereocenters. The van der Waals surface area contributed by atoms with E-state index in [2.05, 4.69) is 25.0 Å². The number of carbonyl (C=O) groups excluding carboxylic acids is 1. The number of nitrogens with one attached hydrogen (secondary N) is 1. The van der Waals surface area contributed by atoms with Crippen LogP contribution in [-0.4, -0.2) is 19.9 Å². The van der Waals surface area contributed by atoms with Gasteiger partial charge in [-0.3, -0.25) is 4.79 Å². The van der Waals surface area contributed by atoms with E-state index >= 15 is 0 Å². The van der Waals surface area contributed by atoms with Gasteiger partial charge >= 0.3 is 0 Å². The van der Waals surface area contributed by atoms with Gasteiger partial charge < -0.3 is 5.32 Å². The second kappa shape index (κ2) is 17.2. The lowest BCUT2D eigenvalue weighted by Gasteiger charge is -2.14.